The van der Waals surface area contributed by atoms with Crippen molar-refractivity contribution in [3.63, 3.8) is 0 Å². The second-order valence-electron chi connectivity index (χ2n) is 11.0. The lowest BCUT2D eigenvalue weighted by Gasteiger charge is -2.29. The van der Waals surface area contributed by atoms with E-state index in [0.717, 1.165) is 6.42 Å². The van der Waals surface area contributed by atoms with Crippen molar-refractivity contribution >= 4 is 5.57 Å². The molecule has 0 spiro atoms. The van der Waals surface area contributed by atoms with Gasteiger partial charge in [0.1, 0.15) is 0 Å². The molecule has 1 atom stereocenters. The topological polar surface area (TPSA) is 0 Å². The molecule has 4 aromatic carbocycles. The maximum absolute atomic E-state index is 2.41. The van der Waals surface area contributed by atoms with Gasteiger partial charge < -0.3 is 0 Å². The molecule has 0 N–H and O–H groups in total. The molecule has 0 heteroatoms. The van der Waals surface area contributed by atoms with Crippen molar-refractivity contribution in [1.29, 1.82) is 0 Å². The summed E-state index contributed by atoms with van der Waals surface area (Å²) in [5, 5.41) is 0. The molecule has 0 bridgehead atoms. The van der Waals surface area contributed by atoms with Crippen LogP contribution in [0.1, 0.15) is 55.0 Å². The molecule has 0 nitrogen and oxygen atoms in total. The van der Waals surface area contributed by atoms with Crippen molar-refractivity contribution in [2.24, 2.45) is 0 Å². The average Bonchev–Trinajstić information content (AvgIpc) is 3.11. The van der Waals surface area contributed by atoms with Crippen LogP contribution >= 0.6 is 0 Å². The van der Waals surface area contributed by atoms with Crippen molar-refractivity contribution in [3.8, 4) is 22.3 Å². The molecule has 0 aliphatic heterocycles. The summed E-state index contributed by atoms with van der Waals surface area (Å²) in [6.07, 6.45) is 8.05. The highest BCUT2D eigenvalue weighted by molar-refractivity contribution is 5.84. The Morgan fingerprint density at radius 3 is 1.97 bits per heavy atom. The summed E-state index contributed by atoms with van der Waals surface area (Å²) in [4.78, 5) is 0. The molecule has 0 heterocycles. The molecule has 0 radical (unpaired) electrons. The first-order chi connectivity index (χ1) is 16.8. The lowest BCUT2D eigenvalue weighted by Crippen LogP contribution is -2.20. The van der Waals surface area contributed by atoms with Crippen molar-refractivity contribution in [3.05, 3.63) is 137 Å². The fourth-order valence-corrected chi connectivity index (χ4v) is 5.86. The Bertz CT molecular complexity index is 1480. The standard InChI is InChI=1S/C35H32/c1-24-10-16-30-31-17-13-28(23-33(31)34(2,3)32(30)22-24)26-11-14-29(15-12-26)35(4)20-18-27(19-21-35)25-8-6-5-7-9-25/h5-20,22-23H,21H2,1-4H3. The van der Waals surface area contributed by atoms with Gasteiger partial charge >= 0.3 is 0 Å². The fraction of sp³-hybridized carbons (Fsp3) is 0.200. The molecule has 0 saturated carbocycles. The quantitative estimate of drug-likeness (QED) is 0.290. The number of allylic oxidation sites excluding steroid dienone is 4. The van der Waals surface area contributed by atoms with E-state index in [9.17, 15) is 0 Å². The van der Waals surface area contributed by atoms with E-state index in [1.807, 2.05) is 0 Å². The minimum Gasteiger partial charge on any atom is -0.0755 e. The largest absolute Gasteiger partial charge is 0.0755 e. The Labute approximate surface area is 209 Å². The van der Waals surface area contributed by atoms with Crippen LogP contribution in [0.15, 0.2) is 109 Å². The minimum atomic E-state index is 0.0236. The Morgan fingerprint density at radius 1 is 0.629 bits per heavy atom. The van der Waals surface area contributed by atoms with E-state index in [-0.39, 0.29) is 10.8 Å². The van der Waals surface area contributed by atoms with Gasteiger partial charge in [0, 0.05) is 10.8 Å². The molecule has 2 aliphatic rings. The third-order valence-corrected chi connectivity index (χ3v) is 8.19. The van der Waals surface area contributed by atoms with Crippen LogP contribution in [0, 0.1) is 6.92 Å². The van der Waals surface area contributed by atoms with E-state index in [1.165, 1.54) is 55.6 Å². The van der Waals surface area contributed by atoms with E-state index < -0.39 is 0 Å². The first-order valence-corrected chi connectivity index (χ1v) is 12.7. The van der Waals surface area contributed by atoms with Crippen LogP contribution < -0.4 is 0 Å². The Kier molecular flexibility index (Phi) is 4.97. The third kappa shape index (κ3) is 3.60. The summed E-state index contributed by atoms with van der Waals surface area (Å²) in [6.45, 7) is 9.25. The highest BCUT2D eigenvalue weighted by atomic mass is 14.4. The maximum atomic E-state index is 2.41. The van der Waals surface area contributed by atoms with Gasteiger partial charge in [0.15, 0.2) is 0 Å². The van der Waals surface area contributed by atoms with E-state index in [1.54, 1.807) is 0 Å². The van der Waals surface area contributed by atoms with Crippen molar-refractivity contribution in [2.45, 2.75) is 44.9 Å². The average molecular weight is 453 g/mol. The number of hydrogen-bond acceptors (Lipinski definition) is 0. The monoisotopic (exact) mass is 452 g/mol. The molecule has 0 amide bonds. The molecule has 0 aromatic heterocycles. The normalized spacial score (nSPS) is 19.7. The van der Waals surface area contributed by atoms with Crippen LogP contribution in [0.2, 0.25) is 0 Å². The van der Waals surface area contributed by atoms with Crippen LogP contribution in [0.4, 0.5) is 0 Å². The summed E-state index contributed by atoms with van der Waals surface area (Å²) in [5.41, 5.74) is 13.6. The van der Waals surface area contributed by atoms with Crippen molar-refractivity contribution in [2.75, 3.05) is 0 Å². The number of fused-ring (bicyclic) bond motifs is 3. The summed E-state index contributed by atoms with van der Waals surface area (Å²) >= 11 is 0. The van der Waals surface area contributed by atoms with Gasteiger partial charge in [-0.25, -0.2) is 0 Å². The Morgan fingerprint density at radius 2 is 1.29 bits per heavy atom. The first kappa shape index (κ1) is 21.9. The van der Waals surface area contributed by atoms with Gasteiger partial charge in [-0.3, -0.25) is 0 Å². The summed E-state index contributed by atoms with van der Waals surface area (Å²) in [5.74, 6) is 0. The number of hydrogen-bond donors (Lipinski definition) is 0. The minimum absolute atomic E-state index is 0.0236. The maximum Gasteiger partial charge on any atom is 0.0159 e. The van der Waals surface area contributed by atoms with Crippen LogP contribution in [-0.4, -0.2) is 0 Å². The molecule has 1 unspecified atom stereocenters. The van der Waals surface area contributed by atoms with Crippen LogP contribution in [0.25, 0.3) is 27.8 Å². The smallest absolute Gasteiger partial charge is 0.0159 e. The molecular formula is C35H32. The Balaban J connectivity index is 1.28. The second-order valence-corrected chi connectivity index (χ2v) is 11.0. The van der Waals surface area contributed by atoms with E-state index in [2.05, 4.69) is 137 Å². The molecule has 0 saturated heterocycles. The highest BCUT2D eigenvalue weighted by Crippen LogP contribution is 2.50. The highest BCUT2D eigenvalue weighted by Gasteiger charge is 2.35. The van der Waals surface area contributed by atoms with Gasteiger partial charge in [0.2, 0.25) is 0 Å². The first-order valence-electron chi connectivity index (χ1n) is 12.7. The lowest BCUT2D eigenvalue weighted by molar-refractivity contribution is 0.601. The van der Waals surface area contributed by atoms with Crippen LogP contribution in [0.5, 0.6) is 0 Å². The molecular weight excluding hydrogens is 420 g/mol. The second kappa shape index (κ2) is 7.95. The summed E-state index contributed by atoms with van der Waals surface area (Å²) in [7, 11) is 0. The van der Waals surface area contributed by atoms with E-state index >= 15 is 0 Å². The van der Waals surface area contributed by atoms with Gasteiger partial charge in [-0.2, -0.15) is 0 Å². The van der Waals surface area contributed by atoms with E-state index in [0.29, 0.717) is 0 Å². The molecule has 2 aliphatic carbocycles. The summed E-state index contributed by atoms with van der Waals surface area (Å²) in [6, 6.07) is 33.8. The lowest BCUT2D eigenvalue weighted by atomic mass is 9.75. The van der Waals surface area contributed by atoms with Crippen LogP contribution in [0.3, 0.4) is 0 Å². The van der Waals surface area contributed by atoms with Gasteiger partial charge in [-0.05, 0) is 69.5 Å². The number of aryl methyl sites for hydroxylation is 1. The number of benzene rings is 4. The SMILES string of the molecule is Cc1ccc2c(c1)C(C)(C)c1cc(-c3ccc(C4(C)C=CC(c5ccccc5)=CC4)cc3)ccc1-2. The molecule has 6 rings (SSSR count). The van der Waals surface area contributed by atoms with Crippen LogP contribution in [-0.2, 0) is 10.8 Å². The number of rotatable bonds is 3. The third-order valence-electron chi connectivity index (χ3n) is 8.19. The van der Waals surface area contributed by atoms with Gasteiger partial charge in [-0.1, -0.05) is 129 Å². The molecule has 0 fully saturated rings. The van der Waals surface area contributed by atoms with Crippen molar-refractivity contribution in [1.82, 2.24) is 0 Å². The zero-order chi connectivity index (χ0) is 24.2. The molecule has 4 aromatic rings. The van der Waals surface area contributed by atoms with Gasteiger partial charge in [-0.15, -0.1) is 0 Å². The van der Waals surface area contributed by atoms with Crippen molar-refractivity contribution < 1.29 is 0 Å². The Hall–Kier alpha value is -3.64. The van der Waals surface area contributed by atoms with Gasteiger partial charge in [0.05, 0.1) is 0 Å². The zero-order valence-corrected chi connectivity index (χ0v) is 21.1. The van der Waals surface area contributed by atoms with E-state index in [4.69, 9.17) is 0 Å². The zero-order valence-electron chi connectivity index (χ0n) is 21.1. The molecule has 35 heavy (non-hydrogen) atoms. The van der Waals surface area contributed by atoms with Gasteiger partial charge in [0.25, 0.3) is 0 Å². The predicted molar refractivity (Wildman–Crippen MR) is 150 cm³/mol. The summed E-state index contributed by atoms with van der Waals surface area (Å²) < 4.78 is 0. The molecule has 172 valence electrons. The fourth-order valence-electron chi connectivity index (χ4n) is 5.86. The predicted octanol–water partition coefficient (Wildman–Crippen LogP) is 9.27.